The number of carbonyl (C=O) groups excluding carboxylic acids is 1. The van der Waals surface area contributed by atoms with Crippen LogP contribution in [-0.2, 0) is 4.79 Å². The summed E-state index contributed by atoms with van der Waals surface area (Å²) >= 11 is 1.60. The molecule has 3 heteroatoms. The van der Waals surface area contributed by atoms with Crippen LogP contribution in [0.3, 0.4) is 0 Å². The Hall–Kier alpha value is -0.180. The molecule has 0 bridgehead atoms. The molecule has 1 rings (SSSR count). The summed E-state index contributed by atoms with van der Waals surface area (Å²) in [6.07, 6.45) is 4.29. The molecule has 0 aromatic carbocycles. The molecule has 0 aliphatic heterocycles. The summed E-state index contributed by atoms with van der Waals surface area (Å²) < 4.78 is 0. The molecule has 0 aromatic heterocycles. The van der Waals surface area contributed by atoms with Crippen molar-refractivity contribution in [2.24, 2.45) is 5.92 Å². The first-order valence-corrected chi connectivity index (χ1v) is 5.75. The molecular formula is C9H17NOS. The maximum Gasteiger partial charge on any atom is 0.233 e. The van der Waals surface area contributed by atoms with Gasteiger partial charge in [0, 0.05) is 6.04 Å². The quantitative estimate of drug-likeness (QED) is 0.728. The zero-order chi connectivity index (χ0) is 9.14. The second-order valence-electron chi connectivity index (χ2n) is 3.66. The zero-order valence-corrected chi connectivity index (χ0v) is 8.78. The second-order valence-corrected chi connectivity index (χ2v) is 4.84. The number of hydrogen-bond acceptors (Lipinski definition) is 2. The van der Waals surface area contributed by atoms with Crippen LogP contribution in [0.25, 0.3) is 0 Å². The lowest BCUT2D eigenvalue weighted by Gasteiger charge is -2.33. The van der Waals surface area contributed by atoms with Crippen LogP contribution >= 0.6 is 11.8 Å². The molecule has 1 fully saturated rings. The minimum atomic E-state index is 0.0981. The third-order valence-corrected chi connectivity index (χ3v) is 3.36. The molecule has 0 radical (unpaired) electrons. The molecule has 1 atom stereocenters. The summed E-state index contributed by atoms with van der Waals surface area (Å²) in [4.78, 5) is 11.4. The van der Waals surface area contributed by atoms with E-state index < -0.39 is 0 Å². The first-order valence-electron chi connectivity index (χ1n) is 4.46. The highest BCUT2D eigenvalue weighted by Crippen LogP contribution is 2.26. The fourth-order valence-corrected chi connectivity index (χ4v) is 1.73. The van der Waals surface area contributed by atoms with Crippen molar-refractivity contribution in [3.05, 3.63) is 0 Å². The van der Waals surface area contributed by atoms with E-state index in [2.05, 4.69) is 12.2 Å². The van der Waals surface area contributed by atoms with Gasteiger partial charge in [0.15, 0.2) is 0 Å². The molecule has 1 aliphatic carbocycles. The predicted octanol–water partition coefficient (Wildman–Crippen LogP) is 1.65. The molecule has 0 aromatic rings. The Bertz CT molecular complexity index is 166. The lowest BCUT2D eigenvalue weighted by Crippen LogP contribution is -2.46. The number of hydrogen-bond donors (Lipinski definition) is 1. The number of carbonyl (C=O) groups is 1. The van der Waals surface area contributed by atoms with E-state index in [9.17, 15) is 4.79 Å². The van der Waals surface area contributed by atoms with Crippen LogP contribution in [0.4, 0.5) is 0 Å². The number of nitrogens with one attached hydrogen (secondary N) is 1. The van der Waals surface area contributed by atoms with Crippen molar-refractivity contribution in [2.75, 3.05) is 6.26 Å². The Morgan fingerprint density at radius 3 is 2.58 bits per heavy atom. The Balaban J connectivity index is 2.18. The molecule has 1 saturated carbocycles. The van der Waals surface area contributed by atoms with Crippen LogP contribution in [0.15, 0.2) is 0 Å². The third-order valence-electron chi connectivity index (χ3n) is 2.44. The minimum Gasteiger partial charge on any atom is -0.352 e. The fourth-order valence-electron chi connectivity index (χ4n) is 1.45. The van der Waals surface area contributed by atoms with E-state index in [-0.39, 0.29) is 11.2 Å². The summed E-state index contributed by atoms with van der Waals surface area (Å²) in [7, 11) is 0. The molecule has 1 N–H and O–H groups in total. The fraction of sp³-hybridized carbons (Fsp3) is 0.889. The molecule has 12 heavy (non-hydrogen) atoms. The summed E-state index contributed by atoms with van der Waals surface area (Å²) in [5.41, 5.74) is 0. The molecule has 1 unspecified atom stereocenters. The van der Waals surface area contributed by atoms with Crippen molar-refractivity contribution < 1.29 is 4.79 Å². The molecule has 1 amide bonds. The Morgan fingerprint density at radius 1 is 1.58 bits per heavy atom. The van der Waals surface area contributed by atoms with Gasteiger partial charge in [-0.25, -0.2) is 0 Å². The van der Waals surface area contributed by atoms with Gasteiger partial charge >= 0.3 is 0 Å². The molecule has 0 spiro atoms. The Kier molecular flexibility index (Phi) is 3.44. The lowest BCUT2D eigenvalue weighted by molar-refractivity contribution is -0.121. The summed E-state index contributed by atoms with van der Waals surface area (Å²) in [6, 6.07) is 0.460. The molecule has 1 aliphatic rings. The van der Waals surface area contributed by atoms with Gasteiger partial charge in [0.05, 0.1) is 5.25 Å². The van der Waals surface area contributed by atoms with E-state index in [1.54, 1.807) is 11.8 Å². The van der Waals surface area contributed by atoms with Gasteiger partial charge in [0.2, 0.25) is 5.91 Å². The van der Waals surface area contributed by atoms with Crippen molar-refractivity contribution in [3.63, 3.8) is 0 Å². The Morgan fingerprint density at radius 2 is 2.17 bits per heavy atom. The van der Waals surface area contributed by atoms with Gasteiger partial charge in [-0.1, -0.05) is 6.92 Å². The third kappa shape index (κ3) is 2.41. The van der Waals surface area contributed by atoms with Gasteiger partial charge in [-0.3, -0.25) is 4.79 Å². The van der Waals surface area contributed by atoms with Crippen LogP contribution in [0.2, 0.25) is 0 Å². The molecule has 2 nitrogen and oxygen atoms in total. The van der Waals surface area contributed by atoms with Gasteiger partial charge < -0.3 is 5.32 Å². The van der Waals surface area contributed by atoms with E-state index in [0.717, 1.165) is 18.8 Å². The van der Waals surface area contributed by atoms with Gasteiger partial charge in [-0.15, -0.1) is 0 Å². The smallest absolute Gasteiger partial charge is 0.233 e. The number of rotatable bonds is 3. The number of amides is 1. The van der Waals surface area contributed by atoms with E-state index >= 15 is 0 Å². The van der Waals surface area contributed by atoms with Crippen molar-refractivity contribution in [1.82, 2.24) is 5.32 Å². The topological polar surface area (TPSA) is 29.1 Å². The average molecular weight is 187 g/mol. The lowest BCUT2D eigenvalue weighted by atomic mass is 9.82. The maximum atomic E-state index is 11.4. The zero-order valence-electron chi connectivity index (χ0n) is 7.96. The summed E-state index contributed by atoms with van der Waals surface area (Å²) in [6.45, 7) is 4.17. The van der Waals surface area contributed by atoms with Gasteiger partial charge in [0.25, 0.3) is 0 Å². The second kappa shape index (κ2) is 4.17. The van der Waals surface area contributed by atoms with E-state index in [1.807, 2.05) is 13.2 Å². The molecule has 0 saturated heterocycles. The summed E-state index contributed by atoms with van der Waals surface area (Å²) in [5, 5.41) is 3.14. The van der Waals surface area contributed by atoms with Crippen LogP contribution < -0.4 is 5.32 Å². The highest BCUT2D eigenvalue weighted by Gasteiger charge is 2.27. The predicted molar refractivity (Wildman–Crippen MR) is 53.3 cm³/mol. The maximum absolute atomic E-state index is 11.4. The monoisotopic (exact) mass is 187 g/mol. The SMILES string of the molecule is CSC(C)C(=O)NC1CC(C)C1. The van der Waals surface area contributed by atoms with E-state index in [4.69, 9.17) is 0 Å². The molecule has 70 valence electrons. The van der Waals surface area contributed by atoms with Crippen LogP contribution in [-0.4, -0.2) is 23.5 Å². The van der Waals surface area contributed by atoms with E-state index in [1.165, 1.54) is 0 Å². The summed E-state index contributed by atoms with van der Waals surface area (Å²) in [5.74, 6) is 0.999. The van der Waals surface area contributed by atoms with Crippen molar-refractivity contribution in [1.29, 1.82) is 0 Å². The van der Waals surface area contributed by atoms with Crippen LogP contribution in [0.1, 0.15) is 26.7 Å². The molecule has 0 heterocycles. The highest BCUT2D eigenvalue weighted by molar-refractivity contribution is 7.99. The standard InChI is InChI=1S/C9H17NOS/c1-6-4-8(5-6)10-9(11)7(2)12-3/h6-8H,4-5H2,1-3H3,(H,10,11). The van der Waals surface area contributed by atoms with Crippen molar-refractivity contribution in [2.45, 2.75) is 38.0 Å². The van der Waals surface area contributed by atoms with Gasteiger partial charge in [-0.05, 0) is 31.9 Å². The minimum absolute atomic E-state index is 0.0981. The molecular weight excluding hydrogens is 170 g/mol. The number of thioether (sulfide) groups is 1. The first-order chi connectivity index (χ1) is 5.63. The highest BCUT2D eigenvalue weighted by atomic mass is 32.2. The first kappa shape index (κ1) is 9.90. The van der Waals surface area contributed by atoms with Gasteiger partial charge in [-0.2, -0.15) is 11.8 Å². The average Bonchev–Trinajstić information content (AvgIpc) is 2.00. The van der Waals surface area contributed by atoms with Crippen LogP contribution in [0, 0.1) is 5.92 Å². The van der Waals surface area contributed by atoms with E-state index in [0.29, 0.717) is 6.04 Å². The van der Waals surface area contributed by atoms with Gasteiger partial charge in [0.1, 0.15) is 0 Å². The van der Waals surface area contributed by atoms with Crippen molar-refractivity contribution >= 4 is 17.7 Å². The van der Waals surface area contributed by atoms with Crippen LogP contribution in [0.5, 0.6) is 0 Å². The normalized spacial score (nSPS) is 30.6. The largest absolute Gasteiger partial charge is 0.352 e. The Labute approximate surface area is 78.5 Å². The van der Waals surface area contributed by atoms with Crippen molar-refractivity contribution in [3.8, 4) is 0 Å².